The highest BCUT2D eigenvalue weighted by atomic mass is 79.9. The lowest BCUT2D eigenvalue weighted by Crippen LogP contribution is -2.04. The molecule has 0 aliphatic heterocycles. The third kappa shape index (κ3) is 2.40. The molecule has 0 aliphatic rings. The number of rotatable bonds is 3. The van der Waals surface area contributed by atoms with Gasteiger partial charge in [-0.05, 0) is 31.3 Å². The molecule has 3 nitrogen and oxygen atoms in total. The van der Waals surface area contributed by atoms with Gasteiger partial charge in [0.25, 0.3) is 0 Å². The van der Waals surface area contributed by atoms with Crippen LogP contribution in [0.3, 0.4) is 0 Å². The summed E-state index contributed by atoms with van der Waals surface area (Å²) in [5.41, 5.74) is 1.02. The van der Waals surface area contributed by atoms with Crippen LogP contribution in [0.1, 0.15) is 13.0 Å². The van der Waals surface area contributed by atoms with Crippen molar-refractivity contribution < 1.29 is 0 Å². The van der Waals surface area contributed by atoms with Gasteiger partial charge in [-0.25, -0.2) is 0 Å². The monoisotopic (exact) mass is 309 g/mol. The Hall–Kier alpha value is -1.20. The first-order valence-corrected chi connectivity index (χ1v) is 6.39. The number of nitrogens with one attached hydrogen (secondary N) is 1. The topological polar surface area (TPSA) is 33.6 Å². The summed E-state index contributed by atoms with van der Waals surface area (Å²) in [4.78, 5) is 0. The van der Waals surface area contributed by atoms with Gasteiger partial charge in [0.05, 0.1) is 6.04 Å². The van der Waals surface area contributed by atoms with Crippen LogP contribution in [-0.4, -0.2) is 14.8 Å². The lowest BCUT2D eigenvalue weighted by molar-refractivity contribution is 0.657. The molecule has 1 heterocycles. The molecule has 0 fully saturated rings. The Morgan fingerprint density at radius 2 is 2.12 bits per heavy atom. The van der Waals surface area contributed by atoms with Crippen LogP contribution in [0.4, 0.5) is 0 Å². The molecule has 2 aromatic rings. The Kier molecular flexibility index (Phi) is 3.59. The number of H-pyrrole nitrogens is 1. The number of hydrogen-bond donors (Lipinski definition) is 1. The molecular weight excluding hydrogens is 298 g/mol. The lowest BCUT2D eigenvalue weighted by Gasteiger charge is -2.11. The molecule has 0 spiro atoms. The number of benzene rings is 1. The van der Waals surface area contributed by atoms with Gasteiger partial charge in [0.2, 0.25) is 0 Å². The molecule has 0 aliphatic carbocycles. The van der Waals surface area contributed by atoms with Crippen molar-refractivity contribution in [3.63, 3.8) is 0 Å². The maximum Gasteiger partial charge on any atom is 0.195 e. The van der Waals surface area contributed by atoms with E-state index in [4.69, 9.17) is 12.2 Å². The molecule has 0 bridgehead atoms. The third-order valence-corrected chi connectivity index (χ3v) is 3.37. The molecule has 0 amide bonds. The van der Waals surface area contributed by atoms with Crippen molar-refractivity contribution in [1.82, 2.24) is 14.8 Å². The fraction of sp³-hybridized carbons (Fsp3) is 0.167. The van der Waals surface area contributed by atoms with Gasteiger partial charge in [0.15, 0.2) is 10.6 Å². The van der Waals surface area contributed by atoms with Crippen LogP contribution in [0, 0.1) is 4.77 Å². The highest BCUT2D eigenvalue weighted by Crippen LogP contribution is 2.23. The van der Waals surface area contributed by atoms with Crippen molar-refractivity contribution in [2.45, 2.75) is 13.0 Å². The fourth-order valence-corrected chi connectivity index (χ4v) is 2.15. The van der Waals surface area contributed by atoms with Gasteiger partial charge in [-0.1, -0.05) is 34.1 Å². The van der Waals surface area contributed by atoms with Crippen molar-refractivity contribution in [3.8, 4) is 11.4 Å². The summed E-state index contributed by atoms with van der Waals surface area (Å²) < 4.78 is 3.60. The first-order valence-electron chi connectivity index (χ1n) is 5.19. The van der Waals surface area contributed by atoms with Gasteiger partial charge in [0, 0.05) is 10.0 Å². The summed E-state index contributed by atoms with van der Waals surface area (Å²) in [6, 6.07) is 8.08. The standard InChI is InChI=1S/C12H12BrN3S/c1-3-8(2)16-11(14-15-12(16)17)9-4-6-10(13)7-5-9/h3-8H,1H2,2H3,(H,15,17). The molecule has 1 N–H and O–H groups in total. The molecule has 0 saturated carbocycles. The first kappa shape index (κ1) is 12.3. The Balaban J connectivity index is 2.56. The Morgan fingerprint density at radius 1 is 1.47 bits per heavy atom. The van der Waals surface area contributed by atoms with E-state index in [1.807, 2.05) is 41.8 Å². The predicted molar refractivity (Wildman–Crippen MR) is 75.5 cm³/mol. The molecule has 1 unspecified atom stereocenters. The van der Waals surface area contributed by atoms with Crippen LogP contribution in [0.15, 0.2) is 41.4 Å². The molecule has 2 rings (SSSR count). The van der Waals surface area contributed by atoms with Gasteiger partial charge in [-0.3, -0.25) is 9.67 Å². The van der Waals surface area contributed by atoms with Crippen molar-refractivity contribution in [2.75, 3.05) is 0 Å². The lowest BCUT2D eigenvalue weighted by atomic mass is 10.2. The van der Waals surface area contributed by atoms with E-state index in [2.05, 4.69) is 32.7 Å². The van der Waals surface area contributed by atoms with Gasteiger partial charge in [-0.2, -0.15) is 5.10 Å². The first-order chi connectivity index (χ1) is 8.13. The Bertz CT molecular complexity index is 583. The second kappa shape index (κ2) is 4.98. The number of halogens is 1. The zero-order valence-electron chi connectivity index (χ0n) is 9.35. The molecule has 0 radical (unpaired) electrons. The molecule has 0 saturated heterocycles. The van der Waals surface area contributed by atoms with Crippen LogP contribution in [0.25, 0.3) is 11.4 Å². The van der Waals surface area contributed by atoms with E-state index in [-0.39, 0.29) is 6.04 Å². The number of aromatic nitrogens is 3. The zero-order chi connectivity index (χ0) is 12.4. The number of aromatic amines is 1. The molecule has 1 aromatic carbocycles. The molecule has 1 atom stereocenters. The van der Waals surface area contributed by atoms with Crippen LogP contribution >= 0.6 is 28.1 Å². The van der Waals surface area contributed by atoms with Crippen LogP contribution < -0.4 is 0 Å². The molecule has 5 heteroatoms. The summed E-state index contributed by atoms with van der Waals surface area (Å²) in [6.45, 7) is 5.82. The van der Waals surface area contributed by atoms with E-state index in [0.717, 1.165) is 15.9 Å². The number of hydrogen-bond acceptors (Lipinski definition) is 2. The van der Waals surface area contributed by atoms with Crippen LogP contribution in [0.2, 0.25) is 0 Å². The van der Waals surface area contributed by atoms with E-state index in [0.29, 0.717) is 4.77 Å². The minimum absolute atomic E-state index is 0.111. The highest BCUT2D eigenvalue weighted by Gasteiger charge is 2.11. The largest absolute Gasteiger partial charge is 0.293 e. The summed E-state index contributed by atoms with van der Waals surface area (Å²) >= 11 is 8.64. The SMILES string of the molecule is C=CC(C)n1c(-c2ccc(Br)cc2)n[nH]c1=S. The summed E-state index contributed by atoms with van der Waals surface area (Å²) in [5.74, 6) is 0.829. The zero-order valence-corrected chi connectivity index (χ0v) is 11.8. The van der Waals surface area contributed by atoms with Crippen LogP contribution in [0.5, 0.6) is 0 Å². The second-order valence-electron chi connectivity index (χ2n) is 3.71. The minimum Gasteiger partial charge on any atom is -0.293 e. The van der Waals surface area contributed by atoms with E-state index >= 15 is 0 Å². The van der Waals surface area contributed by atoms with E-state index in [9.17, 15) is 0 Å². The smallest absolute Gasteiger partial charge is 0.195 e. The van der Waals surface area contributed by atoms with Crippen LogP contribution in [-0.2, 0) is 0 Å². The summed E-state index contributed by atoms with van der Waals surface area (Å²) in [7, 11) is 0. The number of nitrogens with zero attached hydrogens (tertiary/aromatic N) is 2. The van der Waals surface area contributed by atoms with E-state index in [1.54, 1.807) is 0 Å². The highest BCUT2D eigenvalue weighted by molar-refractivity contribution is 9.10. The predicted octanol–water partition coefficient (Wildman–Crippen LogP) is 4.12. The minimum atomic E-state index is 0.111. The van der Waals surface area contributed by atoms with Crippen molar-refractivity contribution in [1.29, 1.82) is 0 Å². The quantitative estimate of drug-likeness (QED) is 0.683. The fourth-order valence-electron chi connectivity index (χ4n) is 1.59. The second-order valence-corrected chi connectivity index (χ2v) is 5.01. The van der Waals surface area contributed by atoms with Gasteiger partial charge in [0.1, 0.15) is 0 Å². The van der Waals surface area contributed by atoms with Crippen molar-refractivity contribution >= 4 is 28.1 Å². The van der Waals surface area contributed by atoms with E-state index in [1.165, 1.54) is 0 Å². The molecule has 17 heavy (non-hydrogen) atoms. The Labute approximate surface area is 113 Å². The Morgan fingerprint density at radius 3 is 2.71 bits per heavy atom. The average molecular weight is 310 g/mol. The third-order valence-electron chi connectivity index (χ3n) is 2.56. The van der Waals surface area contributed by atoms with Gasteiger partial charge in [-0.15, -0.1) is 6.58 Å². The van der Waals surface area contributed by atoms with Gasteiger partial charge < -0.3 is 0 Å². The normalized spacial score (nSPS) is 12.4. The molecule has 88 valence electrons. The summed E-state index contributed by atoms with van der Waals surface area (Å²) in [6.07, 6.45) is 1.84. The summed E-state index contributed by atoms with van der Waals surface area (Å²) in [5, 5.41) is 7.09. The number of allylic oxidation sites excluding steroid dienone is 1. The molecule has 1 aromatic heterocycles. The van der Waals surface area contributed by atoms with Crippen molar-refractivity contribution in [2.24, 2.45) is 0 Å². The molecular formula is C12H12BrN3S. The van der Waals surface area contributed by atoms with Gasteiger partial charge >= 0.3 is 0 Å². The maximum atomic E-state index is 5.23. The van der Waals surface area contributed by atoms with E-state index < -0.39 is 0 Å². The maximum absolute atomic E-state index is 5.23. The average Bonchev–Trinajstić information content (AvgIpc) is 2.71. The van der Waals surface area contributed by atoms with Crippen molar-refractivity contribution in [3.05, 3.63) is 46.2 Å².